The van der Waals surface area contributed by atoms with Gasteiger partial charge in [-0.3, -0.25) is 4.57 Å². The Morgan fingerprint density at radius 3 is 2.55 bits per heavy atom. The number of thiophene rings is 1. The average molecular weight is 470 g/mol. The Balaban J connectivity index is 1.88. The number of nitrogens with zero attached hydrogens (tertiary/aromatic N) is 4. The van der Waals surface area contributed by atoms with Gasteiger partial charge in [0.1, 0.15) is 6.33 Å². The smallest absolute Gasteiger partial charge is 0.327 e. The molecule has 3 aromatic rings. The summed E-state index contributed by atoms with van der Waals surface area (Å²) in [6, 6.07) is 10.3. The first-order valence-corrected chi connectivity index (χ1v) is 11.4. The number of hydrogen-bond acceptors (Lipinski definition) is 6. The molecule has 1 aromatic carbocycles. The largest absolute Gasteiger partial charge is 0.346 e. The van der Waals surface area contributed by atoms with E-state index in [1.807, 2.05) is 0 Å². The van der Waals surface area contributed by atoms with Gasteiger partial charge in [0, 0.05) is 41.5 Å². The highest BCUT2D eigenvalue weighted by atomic mass is 32.2. The molecule has 3 rings (SSSR count). The van der Waals surface area contributed by atoms with Gasteiger partial charge in [0.25, 0.3) is 6.08 Å². The fourth-order valence-electron chi connectivity index (χ4n) is 2.84. The van der Waals surface area contributed by atoms with Crippen molar-refractivity contribution in [2.24, 2.45) is 5.73 Å². The number of halogens is 2. The monoisotopic (exact) mass is 469 g/mol. The number of rotatable bonds is 8. The zero-order valence-corrected chi connectivity index (χ0v) is 18.5. The van der Waals surface area contributed by atoms with E-state index in [0.717, 1.165) is 18.7 Å². The average Bonchev–Trinajstić information content (AvgIpc) is 3.33. The van der Waals surface area contributed by atoms with Crippen LogP contribution in [0.5, 0.6) is 0 Å². The molecule has 0 aliphatic carbocycles. The topological polar surface area (TPSA) is 103 Å². The lowest BCUT2D eigenvalue weighted by Crippen LogP contribution is -2.27. The number of hydrogen-bond donors (Lipinski definition) is 1. The Hall–Kier alpha value is -2.67. The van der Waals surface area contributed by atoms with Crippen molar-refractivity contribution < 1.29 is 17.2 Å². The maximum absolute atomic E-state index is 12.8. The second-order valence-corrected chi connectivity index (χ2v) is 10.1. The van der Waals surface area contributed by atoms with Crippen molar-refractivity contribution in [1.82, 2.24) is 18.7 Å². The zero-order chi connectivity index (χ0) is 22.8. The third kappa shape index (κ3) is 4.82. The van der Waals surface area contributed by atoms with Gasteiger partial charge >= 0.3 is 5.69 Å². The van der Waals surface area contributed by atoms with Crippen molar-refractivity contribution in [3.63, 3.8) is 0 Å². The molecule has 0 spiro atoms. The van der Waals surface area contributed by atoms with Gasteiger partial charge in [-0.1, -0.05) is 18.2 Å². The second-order valence-electron chi connectivity index (χ2n) is 6.82. The van der Waals surface area contributed by atoms with E-state index in [-0.39, 0.29) is 30.1 Å². The standard InChI is InChI=1S/C19H21F2N5O3S2/c1-24(2)31(28,29)17-6-4-3-5-15(17)16-8-7-14(30-16)11-25-12-23-26(19(25)27)10-13(9-22)18(20)21/h3-8,12H,9-11,22H2,1-2H3. The van der Waals surface area contributed by atoms with Gasteiger partial charge in [-0.15, -0.1) is 11.3 Å². The summed E-state index contributed by atoms with van der Waals surface area (Å²) >= 11 is 1.34. The first-order chi connectivity index (χ1) is 14.6. The summed E-state index contributed by atoms with van der Waals surface area (Å²) in [5.74, 6) is 0. The van der Waals surface area contributed by atoms with Crippen LogP contribution in [0.15, 0.2) is 64.1 Å². The molecule has 0 aliphatic rings. The summed E-state index contributed by atoms with van der Waals surface area (Å²) in [6.45, 7) is -0.576. The highest BCUT2D eigenvalue weighted by molar-refractivity contribution is 7.89. The molecule has 0 saturated carbocycles. The zero-order valence-electron chi connectivity index (χ0n) is 16.8. The van der Waals surface area contributed by atoms with Gasteiger partial charge in [-0.2, -0.15) is 13.9 Å². The molecule has 0 atom stereocenters. The van der Waals surface area contributed by atoms with Crippen LogP contribution in [0.25, 0.3) is 10.4 Å². The van der Waals surface area contributed by atoms with Crippen LogP contribution in [0.3, 0.4) is 0 Å². The molecule has 2 aromatic heterocycles. The quantitative estimate of drug-likeness (QED) is 0.545. The lowest BCUT2D eigenvalue weighted by atomic mass is 10.2. The van der Waals surface area contributed by atoms with Crippen molar-refractivity contribution in [3.05, 3.63) is 69.7 Å². The van der Waals surface area contributed by atoms with Crippen molar-refractivity contribution >= 4 is 21.4 Å². The number of benzene rings is 1. The molecule has 0 radical (unpaired) electrons. The summed E-state index contributed by atoms with van der Waals surface area (Å²) in [6.07, 6.45) is -0.644. The van der Waals surface area contributed by atoms with E-state index in [9.17, 15) is 22.0 Å². The number of sulfonamides is 1. The van der Waals surface area contributed by atoms with Crippen molar-refractivity contribution in [2.75, 3.05) is 20.6 Å². The van der Waals surface area contributed by atoms with Gasteiger partial charge in [-0.05, 0) is 18.2 Å². The van der Waals surface area contributed by atoms with Crippen molar-refractivity contribution in [3.8, 4) is 10.4 Å². The highest BCUT2D eigenvalue weighted by Crippen LogP contribution is 2.34. The predicted molar refractivity (Wildman–Crippen MR) is 115 cm³/mol. The van der Waals surface area contributed by atoms with E-state index < -0.39 is 21.8 Å². The molecule has 0 unspecified atom stereocenters. The van der Waals surface area contributed by atoms with Gasteiger partial charge < -0.3 is 5.73 Å². The molecular weight excluding hydrogens is 448 g/mol. The lowest BCUT2D eigenvalue weighted by molar-refractivity contribution is 0.400. The van der Waals surface area contributed by atoms with E-state index in [1.54, 1.807) is 36.4 Å². The van der Waals surface area contributed by atoms with Gasteiger partial charge in [0.05, 0.1) is 18.0 Å². The molecule has 8 nitrogen and oxygen atoms in total. The first kappa shape index (κ1) is 23.0. The summed E-state index contributed by atoms with van der Waals surface area (Å²) < 4.78 is 54.3. The van der Waals surface area contributed by atoms with E-state index in [0.29, 0.717) is 5.56 Å². The minimum atomic E-state index is -3.63. The van der Waals surface area contributed by atoms with Crippen LogP contribution >= 0.6 is 11.3 Å². The molecule has 0 saturated heterocycles. The van der Waals surface area contributed by atoms with E-state index in [4.69, 9.17) is 5.73 Å². The Labute approximate surface area is 181 Å². The van der Waals surface area contributed by atoms with Crippen LogP contribution in [-0.2, 0) is 23.1 Å². The van der Waals surface area contributed by atoms with E-state index in [1.165, 1.54) is 36.3 Å². The summed E-state index contributed by atoms with van der Waals surface area (Å²) in [5, 5.41) is 3.88. The molecular formula is C19H21F2N5O3S2. The number of aromatic nitrogens is 3. The van der Waals surface area contributed by atoms with Crippen molar-refractivity contribution in [2.45, 2.75) is 18.0 Å². The molecule has 31 heavy (non-hydrogen) atoms. The van der Waals surface area contributed by atoms with Crippen molar-refractivity contribution in [1.29, 1.82) is 0 Å². The maximum atomic E-state index is 12.8. The minimum Gasteiger partial charge on any atom is -0.327 e. The second kappa shape index (κ2) is 9.22. The first-order valence-electron chi connectivity index (χ1n) is 9.11. The van der Waals surface area contributed by atoms with E-state index >= 15 is 0 Å². The fraction of sp³-hybridized carbons (Fsp3) is 0.263. The molecule has 0 bridgehead atoms. The molecule has 0 fully saturated rings. The molecule has 166 valence electrons. The maximum Gasteiger partial charge on any atom is 0.346 e. The Kier molecular flexibility index (Phi) is 6.84. The molecule has 0 amide bonds. The predicted octanol–water partition coefficient (Wildman–Crippen LogP) is 2.18. The summed E-state index contributed by atoms with van der Waals surface area (Å²) in [7, 11) is -0.698. The molecule has 0 aliphatic heterocycles. The van der Waals surface area contributed by atoms with Crippen LogP contribution < -0.4 is 11.4 Å². The van der Waals surface area contributed by atoms with Crippen LogP contribution in [-0.4, -0.2) is 47.7 Å². The highest BCUT2D eigenvalue weighted by Gasteiger charge is 2.22. The SMILES string of the molecule is CN(C)S(=O)(=O)c1ccccc1-c1ccc(Cn2cnn(CC(CN)=C(F)F)c2=O)s1. The van der Waals surface area contributed by atoms with Crippen LogP contribution in [0, 0.1) is 0 Å². The van der Waals surface area contributed by atoms with Gasteiger partial charge in [-0.25, -0.2) is 22.2 Å². The fourth-order valence-corrected chi connectivity index (χ4v) is 5.05. The summed E-state index contributed by atoms with van der Waals surface area (Å²) in [4.78, 5) is 14.2. The normalized spacial score (nSPS) is 11.8. The molecule has 12 heteroatoms. The van der Waals surface area contributed by atoms with Crippen LogP contribution in [0.2, 0.25) is 0 Å². The minimum absolute atomic E-state index is 0.172. The molecule has 2 N–H and O–H groups in total. The van der Waals surface area contributed by atoms with Gasteiger partial charge in [0.15, 0.2) is 0 Å². The van der Waals surface area contributed by atoms with Crippen LogP contribution in [0.4, 0.5) is 8.78 Å². The number of nitrogens with two attached hydrogens (primary N) is 1. The molecule has 2 heterocycles. The lowest BCUT2D eigenvalue weighted by Gasteiger charge is -2.14. The Morgan fingerprint density at radius 2 is 1.90 bits per heavy atom. The van der Waals surface area contributed by atoms with E-state index in [2.05, 4.69) is 5.10 Å². The van der Waals surface area contributed by atoms with Crippen LogP contribution in [0.1, 0.15) is 4.88 Å². The Bertz CT molecular complexity index is 1270. The Morgan fingerprint density at radius 1 is 1.19 bits per heavy atom. The third-order valence-electron chi connectivity index (χ3n) is 4.55. The summed E-state index contributed by atoms with van der Waals surface area (Å²) in [5.41, 5.74) is 4.95. The third-order valence-corrected chi connectivity index (χ3v) is 7.53. The van der Waals surface area contributed by atoms with Gasteiger partial charge in [0.2, 0.25) is 10.0 Å².